The second-order valence-corrected chi connectivity index (χ2v) is 11.3. The number of aromatic nitrogens is 2. The van der Waals surface area contributed by atoms with Gasteiger partial charge in [-0.3, -0.25) is 9.56 Å². The Kier molecular flexibility index (Phi) is 5.53. The molecule has 4 nitrogen and oxygen atoms in total. The van der Waals surface area contributed by atoms with Crippen LogP contribution < -0.4 is 5.32 Å². The van der Waals surface area contributed by atoms with Gasteiger partial charge in [-0.05, 0) is 46.2 Å². The third-order valence-corrected chi connectivity index (χ3v) is 8.72. The van der Waals surface area contributed by atoms with E-state index in [4.69, 9.17) is 4.99 Å². The van der Waals surface area contributed by atoms with Gasteiger partial charge in [0.1, 0.15) is 12.0 Å². The smallest absolute Gasteiger partial charge is 0.146 e. The van der Waals surface area contributed by atoms with E-state index in [-0.39, 0.29) is 6.17 Å². The molecule has 0 fully saturated rings. The molecule has 0 saturated heterocycles. The molecule has 0 amide bonds. The first-order chi connectivity index (χ1) is 21.8. The zero-order valence-electron chi connectivity index (χ0n) is 23.9. The molecule has 6 aromatic carbocycles. The summed E-state index contributed by atoms with van der Waals surface area (Å²) < 4.78 is 4.85. The zero-order chi connectivity index (χ0) is 29.0. The fourth-order valence-corrected chi connectivity index (χ4v) is 6.80. The van der Waals surface area contributed by atoms with Gasteiger partial charge in [0.15, 0.2) is 0 Å². The number of allylic oxidation sites excluding steroid dienone is 1. The molecule has 1 atom stereocenters. The molecular weight excluding hydrogens is 536 g/mol. The minimum atomic E-state index is -0.234. The molecule has 4 heteroatoms. The number of fused-ring (bicyclic) bond motifs is 7. The SMILES string of the molecule is C1=C(n2c3ccccc3c3c2c2c4ccccc4ccc2n3-c2ccccc2)NC(c2ccccc2)N=C1c1ccccc1. The van der Waals surface area contributed by atoms with Crippen LogP contribution in [0.5, 0.6) is 0 Å². The fourth-order valence-electron chi connectivity index (χ4n) is 6.80. The van der Waals surface area contributed by atoms with Gasteiger partial charge in [-0.2, -0.15) is 0 Å². The Bertz CT molecular complexity index is 2400. The van der Waals surface area contributed by atoms with Gasteiger partial charge in [0.05, 0.1) is 27.8 Å². The molecular formula is C40H28N4. The average molecular weight is 565 g/mol. The largest absolute Gasteiger partial charge is 0.346 e. The van der Waals surface area contributed by atoms with Gasteiger partial charge in [0.25, 0.3) is 0 Å². The number of hydrogen-bond acceptors (Lipinski definition) is 2. The summed E-state index contributed by atoms with van der Waals surface area (Å²) >= 11 is 0. The van der Waals surface area contributed by atoms with Crippen molar-refractivity contribution in [3.63, 3.8) is 0 Å². The molecule has 3 heterocycles. The van der Waals surface area contributed by atoms with Crippen molar-refractivity contribution < 1.29 is 0 Å². The Morgan fingerprint density at radius 2 is 1.18 bits per heavy atom. The van der Waals surface area contributed by atoms with Gasteiger partial charge in [-0.25, -0.2) is 0 Å². The average Bonchev–Trinajstić information content (AvgIpc) is 3.62. The summed E-state index contributed by atoms with van der Waals surface area (Å²) in [5.41, 5.74) is 9.03. The molecule has 44 heavy (non-hydrogen) atoms. The van der Waals surface area contributed by atoms with Gasteiger partial charge in [-0.15, -0.1) is 0 Å². The highest BCUT2D eigenvalue weighted by Gasteiger charge is 2.27. The second-order valence-electron chi connectivity index (χ2n) is 11.3. The van der Waals surface area contributed by atoms with E-state index in [2.05, 4.69) is 172 Å². The Balaban J connectivity index is 1.43. The molecule has 1 N–H and O–H groups in total. The highest BCUT2D eigenvalue weighted by molar-refractivity contribution is 6.27. The minimum absolute atomic E-state index is 0.234. The van der Waals surface area contributed by atoms with Crippen molar-refractivity contribution in [1.29, 1.82) is 0 Å². The Morgan fingerprint density at radius 3 is 1.98 bits per heavy atom. The summed E-state index contributed by atoms with van der Waals surface area (Å²) in [7, 11) is 0. The molecule has 9 rings (SSSR count). The van der Waals surface area contributed by atoms with E-state index in [1.165, 1.54) is 38.1 Å². The monoisotopic (exact) mass is 564 g/mol. The number of para-hydroxylation sites is 2. The van der Waals surface area contributed by atoms with Gasteiger partial charge < -0.3 is 9.88 Å². The first kappa shape index (κ1) is 24.7. The van der Waals surface area contributed by atoms with Crippen molar-refractivity contribution in [1.82, 2.24) is 14.5 Å². The van der Waals surface area contributed by atoms with Crippen LogP contribution in [0.15, 0.2) is 163 Å². The topological polar surface area (TPSA) is 34.2 Å². The Hall–Kier alpha value is -5.87. The third kappa shape index (κ3) is 3.74. The van der Waals surface area contributed by atoms with Crippen LogP contribution in [0.25, 0.3) is 55.1 Å². The number of benzene rings is 6. The van der Waals surface area contributed by atoms with Crippen LogP contribution in [0, 0.1) is 0 Å². The molecule has 1 aliphatic heterocycles. The first-order valence-electron chi connectivity index (χ1n) is 15.0. The van der Waals surface area contributed by atoms with Crippen LogP contribution in [0.1, 0.15) is 17.3 Å². The predicted octanol–water partition coefficient (Wildman–Crippen LogP) is 9.48. The summed E-state index contributed by atoms with van der Waals surface area (Å²) in [5, 5.41) is 8.75. The van der Waals surface area contributed by atoms with E-state index in [0.29, 0.717) is 0 Å². The number of aliphatic imine (C=N–C) groups is 1. The van der Waals surface area contributed by atoms with E-state index in [1.807, 2.05) is 0 Å². The maximum absolute atomic E-state index is 5.22. The highest BCUT2D eigenvalue weighted by Crippen LogP contribution is 2.43. The summed E-state index contributed by atoms with van der Waals surface area (Å²) in [4.78, 5) is 5.22. The van der Waals surface area contributed by atoms with Crippen LogP contribution in [0.3, 0.4) is 0 Å². The van der Waals surface area contributed by atoms with Crippen molar-refractivity contribution in [3.05, 3.63) is 169 Å². The van der Waals surface area contributed by atoms with Crippen molar-refractivity contribution >= 4 is 55.1 Å². The van der Waals surface area contributed by atoms with Gasteiger partial charge in [-0.1, -0.05) is 127 Å². The second kappa shape index (κ2) is 9.85. The normalized spacial score (nSPS) is 15.0. The number of hydrogen-bond donors (Lipinski definition) is 1. The third-order valence-electron chi connectivity index (χ3n) is 8.72. The maximum atomic E-state index is 5.22. The van der Waals surface area contributed by atoms with E-state index in [1.54, 1.807) is 0 Å². The minimum Gasteiger partial charge on any atom is -0.346 e. The molecule has 2 aromatic heterocycles. The number of nitrogens with zero attached hydrogens (tertiary/aromatic N) is 3. The van der Waals surface area contributed by atoms with E-state index in [9.17, 15) is 0 Å². The summed E-state index contributed by atoms with van der Waals surface area (Å²) in [6.07, 6.45) is 1.97. The van der Waals surface area contributed by atoms with E-state index in [0.717, 1.165) is 33.9 Å². The molecule has 0 saturated carbocycles. The highest BCUT2D eigenvalue weighted by atomic mass is 15.2. The lowest BCUT2D eigenvalue weighted by Gasteiger charge is -2.26. The Morgan fingerprint density at radius 1 is 0.523 bits per heavy atom. The van der Waals surface area contributed by atoms with Gasteiger partial charge >= 0.3 is 0 Å². The molecule has 1 unspecified atom stereocenters. The van der Waals surface area contributed by atoms with Gasteiger partial charge in [0, 0.05) is 22.5 Å². The van der Waals surface area contributed by atoms with E-state index < -0.39 is 0 Å². The summed E-state index contributed by atoms with van der Waals surface area (Å²) in [5.74, 6) is 0.999. The number of rotatable bonds is 4. The first-order valence-corrected chi connectivity index (χ1v) is 15.0. The maximum Gasteiger partial charge on any atom is 0.146 e. The lowest BCUT2D eigenvalue weighted by molar-refractivity contribution is 0.646. The lowest BCUT2D eigenvalue weighted by atomic mass is 10.1. The Labute approximate surface area is 254 Å². The van der Waals surface area contributed by atoms with Crippen molar-refractivity contribution in [2.45, 2.75) is 6.17 Å². The van der Waals surface area contributed by atoms with Crippen LogP contribution in [-0.2, 0) is 0 Å². The van der Waals surface area contributed by atoms with Gasteiger partial charge in [0.2, 0.25) is 0 Å². The fraction of sp³-hybridized carbons (Fsp3) is 0.0250. The summed E-state index contributed by atoms with van der Waals surface area (Å²) in [6, 6.07) is 53.7. The molecule has 208 valence electrons. The van der Waals surface area contributed by atoms with Crippen molar-refractivity contribution in [2.75, 3.05) is 0 Å². The zero-order valence-corrected chi connectivity index (χ0v) is 23.9. The van der Waals surface area contributed by atoms with Crippen LogP contribution in [0.2, 0.25) is 0 Å². The predicted molar refractivity (Wildman–Crippen MR) is 183 cm³/mol. The molecule has 0 spiro atoms. The molecule has 8 aromatic rings. The number of nitrogens with one attached hydrogen (secondary N) is 1. The van der Waals surface area contributed by atoms with Crippen LogP contribution in [0.4, 0.5) is 0 Å². The quantitative estimate of drug-likeness (QED) is 0.227. The van der Waals surface area contributed by atoms with E-state index >= 15 is 0 Å². The van der Waals surface area contributed by atoms with Crippen LogP contribution >= 0.6 is 0 Å². The van der Waals surface area contributed by atoms with Crippen molar-refractivity contribution in [2.24, 2.45) is 4.99 Å². The standard InChI is InChI=1S/C40H28N4/c1-4-15-28(16-5-1)33-26-36(42-40(41-33)29-17-6-2-7-18-29)44-34-23-13-12-22-32(34)38-39(44)37-31-21-11-10-14-27(31)24-25-35(37)43(38)30-19-8-3-9-20-30/h1-26,40,42H. The molecule has 1 aliphatic rings. The lowest BCUT2D eigenvalue weighted by Crippen LogP contribution is -2.27. The molecule has 0 bridgehead atoms. The van der Waals surface area contributed by atoms with Crippen molar-refractivity contribution in [3.8, 4) is 5.69 Å². The molecule has 0 radical (unpaired) electrons. The summed E-state index contributed by atoms with van der Waals surface area (Å²) in [6.45, 7) is 0. The van der Waals surface area contributed by atoms with Crippen LogP contribution in [-0.4, -0.2) is 14.8 Å². The molecule has 0 aliphatic carbocycles.